The zero-order chi connectivity index (χ0) is 22.1. The van der Waals surface area contributed by atoms with E-state index >= 15 is 0 Å². The van der Waals surface area contributed by atoms with Crippen molar-refractivity contribution in [1.29, 1.82) is 0 Å². The Morgan fingerprint density at radius 1 is 1.00 bits per heavy atom. The highest BCUT2D eigenvalue weighted by atomic mass is 16.5. The number of benzene rings is 3. The third kappa shape index (κ3) is 3.55. The fraction of sp³-hybridized carbons (Fsp3) is 0.222. The fourth-order valence-electron chi connectivity index (χ4n) is 4.77. The third-order valence-corrected chi connectivity index (χ3v) is 6.36. The van der Waals surface area contributed by atoms with Crippen molar-refractivity contribution < 1.29 is 14.6 Å². The second-order valence-electron chi connectivity index (χ2n) is 8.10. The SMILES string of the molecule is COc1cc2c(cc1OC)[C@H](c1ccccc1)N(Cc1c(O)ccc3ccncc13)CC2. The van der Waals surface area contributed by atoms with Crippen molar-refractivity contribution in [3.05, 3.63) is 95.3 Å². The van der Waals surface area contributed by atoms with Gasteiger partial charge < -0.3 is 14.6 Å². The van der Waals surface area contributed by atoms with Crippen LogP contribution in [0.2, 0.25) is 0 Å². The summed E-state index contributed by atoms with van der Waals surface area (Å²) in [5.41, 5.74) is 4.58. The molecule has 162 valence electrons. The second-order valence-corrected chi connectivity index (χ2v) is 8.10. The van der Waals surface area contributed by atoms with Crippen molar-refractivity contribution in [3.63, 3.8) is 0 Å². The molecule has 2 heterocycles. The van der Waals surface area contributed by atoms with Crippen LogP contribution in [0.5, 0.6) is 17.2 Å². The van der Waals surface area contributed by atoms with E-state index in [1.165, 1.54) is 16.7 Å². The Kier molecular flexibility index (Phi) is 5.41. The minimum absolute atomic E-state index is 0.0334. The van der Waals surface area contributed by atoms with E-state index in [1.807, 2.05) is 24.4 Å². The van der Waals surface area contributed by atoms with Crippen LogP contribution in [0.15, 0.2) is 73.1 Å². The van der Waals surface area contributed by atoms with Crippen molar-refractivity contribution >= 4 is 10.8 Å². The van der Waals surface area contributed by atoms with Gasteiger partial charge >= 0.3 is 0 Å². The maximum atomic E-state index is 10.8. The Balaban J connectivity index is 1.63. The molecular formula is C27H26N2O3. The Morgan fingerprint density at radius 2 is 1.78 bits per heavy atom. The lowest BCUT2D eigenvalue weighted by Gasteiger charge is -2.38. The average Bonchev–Trinajstić information content (AvgIpc) is 2.85. The number of fused-ring (bicyclic) bond motifs is 2. The van der Waals surface area contributed by atoms with E-state index in [4.69, 9.17) is 9.47 Å². The van der Waals surface area contributed by atoms with Crippen molar-refractivity contribution in [2.45, 2.75) is 19.0 Å². The van der Waals surface area contributed by atoms with Gasteiger partial charge in [-0.2, -0.15) is 0 Å². The number of nitrogens with zero attached hydrogens (tertiary/aromatic N) is 2. The average molecular weight is 427 g/mol. The number of methoxy groups -OCH3 is 2. The van der Waals surface area contributed by atoms with E-state index in [2.05, 4.69) is 46.3 Å². The lowest BCUT2D eigenvalue weighted by atomic mass is 9.87. The summed E-state index contributed by atoms with van der Waals surface area (Å²) < 4.78 is 11.2. The Labute approximate surface area is 187 Å². The van der Waals surface area contributed by atoms with Gasteiger partial charge in [-0.1, -0.05) is 36.4 Å². The number of hydrogen-bond acceptors (Lipinski definition) is 5. The number of aromatic nitrogens is 1. The van der Waals surface area contributed by atoms with E-state index in [0.717, 1.165) is 40.8 Å². The second kappa shape index (κ2) is 8.52. The first-order valence-corrected chi connectivity index (χ1v) is 10.8. The number of hydrogen-bond donors (Lipinski definition) is 1. The molecule has 0 bridgehead atoms. The molecule has 5 heteroatoms. The number of rotatable bonds is 5. The zero-order valence-electron chi connectivity index (χ0n) is 18.3. The summed E-state index contributed by atoms with van der Waals surface area (Å²) in [6, 6.07) is 20.4. The van der Waals surface area contributed by atoms with Crippen LogP contribution in [-0.2, 0) is 13.0 Å². The molecule has 5 rings (SSSR count). The monoisotopic (exact) mass is 426 g/mol. The van der Waals surface area contributed by atoms with E-state index in [0.29, 0.717) is 12.3 Å². The molecule has 0 spiro atoms. The molecule has 32 heavy (non-hydrogen) atoms. The van der Waals surface area contributed by atoms with E-state index in [1.54, 1.807) is 26.5 Å². The summed E-state index contributed by atoms with van der Waals surface area (Å²) in [5.74, 6) is 1.78. The number of aromatic hydroxyl groups is 1. The molecule has 0 amide bonds. The summed E-state index contributed by atoms with van der Waals surface area (Å²) in [6.07, 6.45) is 4.52. The summed E-state index contributed by atoms with van der Waals surface area (Å²) >= 11 is 0. The largest absolute Gasteiger partial charge is 0.508 e. The molecule has 1 aliphatic rings. The van der Waals surface area contributed by atoms with Gasteiger partial charge in [0, 0.05) is 36.4 Å². The molecule has 4 aromatic rings. The molecule has 0 radical (unpaired) electrons. The fourth-order valence-corrected chi connectivity index (χ4v) is 4.77. The molecule has 1 aliphatic heterocycles. The van der Waals surface area contributed by atoms with Crippen LogP contribution in [0.1, 0.15) is 28.3 Å². The zero-order valence-corrected chi connectivity index (χ0v) is 18.3. The molecule has 1 N–H and O–H groups in total. The third-order valence-electron chi connectivity index (χ3n) is 6.36. The van der Waals surface area contributed by atoms with Crippen LogP contribution in [0.3, 0.4) is 0 Å². The highest BCUT2D eigenvalue weighted by molar-refractivity contribution is 5.86. The normalized spacial score (nSPS) is 16.0. The van der Waals surface area contributed by atoms with Crippen molar-refractivity contribution in [2.24, 2.45) is 0 Å². The van der Waals surface area contributed by atoms with Crippen LogP contribution in [0, 0.1) is 0 Å². The quantitative estimate of drug-likeness (QED) is 0.481. The highest BCUT2D eigenvalue weighted by Gasteiger charge is 2.31. The van der Waals surface area contributed by atoms with Gasteiger partial charge in [0.2, 0.25) is 0 Å². The van der Waals surface area contributed by atoms with Crippen LogP contribution in [0.4, 0.5) is 0 Å². The molecule has 5 nitrogen and oxygen atoms in total. The molecule has 0 saturated carbocycles. The minimum atomic E-state index is 0.0334. The van der Waals surface area contributed by atoms with Gasteiger partial charge in [-0.05, 0) is 52.8 Å². The molecule has 1 aromatic heterocycles. The van der Waals surface area contributed by atoms with Crippen molar-refractivity contribution in [2.75, 3.05) is 20.8 Å². The summed E-state index contributed by atoms with van der Waals surface area (Å²) in [5, 5.41) is 12.8. The van der Waals surface area contributed by atoms with Crippen molar-refractivity contribution in [3.8, 4) is 17.2 Å². The lowest BCUT2D eigenvalue weighted by molar-refractivity contribution is 0.202. The predicted molar refractivity (Wildman–Crippen MR) is 125 cm³/mol. The predicted octanol–water partition coefficient (Wildman–Crippen LogP) is 5.11. The molecule has 0 unspecified atom stereocenters. The van der Waals surface area contributed by atoms with Gasteiger partial charge in [0.15, 0.2) is 11.5 Å². The molecule has 0 saturated heterocycles. The number of ether oxygens (including phenoxy) is 2. The maximum Gasteiger partial charge on any atom is 0.161 e. The molecule has 3 aromatic carbocycles. The van der Waals surface area contributed by atoms with E-state index < -0.39 is 0 Å². The first-order chi connectivity index (χ1) is 15.7. The summed E-state index contributed by atoms with van der Waals surface area (Å²) in [4.78, 5) is 6.72. The number of phenols is 1. The van der Waals surface area contributed by atoms with Gasteiger partial charge in [0.25, 0.3) is 0 Å². The Morgan fingerprint density at radius 3 is 2.56 bits per heavy atom. The van der Waals surface area contributed by atoms with Gasteiger partial charge in [-0.3, -0.25) is 9.88 Å². The number of phenolic OH excluding ortho intramolecular Hbond substituents is 1. The molecule has 1 atom stereocenters. The topological polar surface area (TPSA) is 54.8 Å². The van der Waals surface area contributed by atoms with Gasteiger partial charge in [0.1, 0.15) is 5.75 Å². The molecule has 0 fully saturated rings. The van der Waals surface area contributed by atoms with Crippen LogP contribution >= 0.6 is 0 Å². The summed E-state index contributed by atoms with van der Waals surface area (Å²) in [7, 11) is 3.34. The van der Waals surface area contributed by atoms with E-state index in [-0.39, 0.29) is 6.04 Å². The van der Waals surface area contributed by atoms with Crippen molar-refractivity contribution in [1.82, 2.24) is 9.88 Å². The smallest absolute Gasteiger partial charge is 0.161 e. The van der Waals surface area contributed by atoms with Gasteiger partial charge in [0.05, 0.1) is 20.3 Å². The van der Waals surface area contributed by atoms with Gasteiger partial charge in [-0.25, -0.2) is 0 Å². The standard InChI is InChI=1S/C27H26N2O3/c1-31-25-14-20-11-13-29(17-23-22-16-28-12-10-18(22)8-9-24(23)30)27(19-6-4-3-5-7-19)21(20)15-26(25)32-2/h3-10,12,14-16,27,30H,11,13,17H2,1-2H3/t27-/m0/s1. The first-order valence-electron chi connectivity index (χ1n) is 10.8. The molecule has 0 aliphatic carbocycles. The van der Waals surface area contributed by atoms with Gasteiger partial charge in [-0.15, -0.1) is 0 Å². The van der Waals surface area contributed by atoms with Crippen LogP contribution in [-0.4, -0.2) is 35.8 Å². The van der Waals surface area contributed by atoms with Crippen LogP contribution in [0.25, 0.3) is 10.8 Å². The highest BCUT2D eigenvalue weighted by Crippen LogP contribution is 2.42. The first kappa shape index (κ1) is 20.3. The number of pyridine rings is 1. The maximum absolute atomic E-state index is 10.8. The summed E-state index contributed by atoms with van der Waals surface area (Å²) in [6.45, 7) is 1.47. The van der Waals surface area contributed by atoms with Crippen LogP contribution < -0.4 is 9.47 Å². The lowest BCUT2D eigenvalue weighted by Crippen LogP contribution is -2.35. The Hall–Kier alpha value is -3.57. The minimum Gasteiger partial charge on any atom is -0.508 e. The van der Waals surface area contributed by atoms with E-state index in [9.17, 15) is 5.11 Å². The molecular weight excluding hydrogens is 400 g/mol. The Bertz CT molecular complexity index is 1260.